The molecule has 70 valence electrons. The standard InChI is InChI=1S/C12H16O/c1-9-4-3-5-10-6-7-11(13-2)8-12(9)10/h6-9H,3-5H2,1-2H3/t9-/m1/s1. The van der Waals surface area contributed by atoms with Crippen LogP contribution in [0.5, 0.6) is 5.75 Å². The Morgan fingerprint density at radius 2 is 2.23 bits per heavy atom. The van der Waals surface area contributed by atoms with Crippen molar-refractivity contribution >= 4 is 0 Å². The summed E-state index contributed by atoms with van der Waals surface area (Å²) in [5.74, 6) is 1.70. The lowest BCUT2D eigenvalue weighted by Gasteiger charge is -2.22. The summed E-state index contributed by atoms with van der Waals surface area (Å²) < 4.78 is 5.23. The largest absolute Gasteiger partial charge is 0.497 e. The summed E-state index contributed by atoms with van der Waals surface area (Å²) in [6.07, 6.45) is 3.89. The molecule has 2 rings (SSSR count). The molecule has 1 aliphatic carbocycles. The summed E-state index contributed by atoms with van der Waals surface area (Å²) in [7, 11) is 1.73. The van der Waals surface area contributed by atoms with Crippen LogP contribution in [0.4, 0.5) is 0 Å². The first-order valence-corrected chi connectivity index (χ1v) is 4.98. The zero-order valence-electron chi connectivity index (χ0n) is 8.34. The molecule has 0 amide bonds. The minimum Gasteiger partial charge on any atom is -0.497 e. The monoisotopic (exact) mass is 176 g/mol. The molecular formula is C12H16O. The molecule has 0 bridgehead atoms. The second-order valence-corrected chi connectivity index (χ2v) is 3.86. The molecule has 1 aliphatic rings. The van der Waals surface area contributed by atoms with Crippen molar-refractivity contribution in [2.75, 3.05) is 7.11 Å². The van der Waals surface area contributed by atoms with E-state index in [0.29, 0.717) is 5.92 Å². The molecule has 0 unspecified atom stereocenters. The van der Waals surface area contributed by atoms with Crippen molar-refractivity contribution in [3.05, 3.63) is 29.3 Å². The number of rotatable bonds is 1. The highest BCUT2D eigenvalue weighted by atomic mass is 16.5. The number of methoxy groups -OCH3 is 1. The van der Waals surface area contributed by atoms with Crippen LogP contribution in [0.1, 0.15) is 36.8 Å². The maximum atomic E-state index is 5.23. The van der Waals surface area contributed by atoms with Gasteiger partial charge < -0.3 is 4.74 Å². The molecular weight excluding hydrogens is 160 g/mol. The Kier molecular flexibility index (Phi) is 2.26. The van der Waals surface area contributed by atoms with E-state index in [1.165, 1.54) is 30.4 Å². The fourth-order valence-electron chi connectivity index (χ4n) is 2.14. The number of aryl methyl sites for hydroxylation is 1. The normalized spacial score (nSPS) is 20.9. The van der Waals surface area contributed by atoms with Crippen molar-refractivity contribution in [1.82, 2.24) is 0 Å². The molecule has 0 spiro atoms. The van der Waals surface area contributed by atoms with E-state index in [1.807, 2.05) is 0 Å². The summed E-state index contributed by atoms with van der Waals surface area (Å²) in [6.45, 7) is 2.30. The van der Waals surface area contributed by atoms with Crippen LogP contribution < -0.4 is 4.74 Å². The van der Waals surface area contributed by atoms with Gasteiger partial charge in [0.25, 0.3) is 0 Å². The lowest BCUT2D eigenvalue weighted by Crippen LogP contribution is -2.06. The van der Waals surface area contributed by atoms with Crippen molar-refractivity contribution < 1.29 is 4.74 Å². The van der Waals surface area contributed by atoms with Gasteiger partial charge in [-0.15, -0.1) is 0 Å². The first-order chi connectivity index (χ1) is 6.31. The van der Waals surface area contributed by atoms with E-state index in [1.54, 1.807) is 7.11 Å². The lowest BCUT2D eigenvalue weighted by molar-refractivity contribution is 0.412. The quantitative estimate of drug-likeness (QED) is 0.638. The Balaban J connectivity index is 2.41. The van der Waals surface area contributed by atoms with E-state index in [2.05, 4.69) is 25.1 Å². The third kappa shape index (κ3) is 1.55. The molecule has 1 nitrogen and oxygen atoms in total. The molecule has 1 aromatic rings. The molecule has 0 saturated carbocycles. The summed E-state index contributed by atoms with van der Waals surface area (Å²) in [4.78, 5) is 0. The maximum Gasteiger partial charge on any atom is 0.119 e. The predicted molar refractivity (Wildman–Crippen MR) is 54.3 cm³/mol. The van der Waals surface area contributed by atoms with Crippen LogP contribution in [0.3, 0.4) is 0 Å². The highest BCUT2D eigenvalue weighted by Crippen LogP contribution is 2.33. The van der Waals surface area contributed by atoms with Gasteiger partial charge in [-0.05, 0) is 48.4 Å². The molecule has 0 aliphatic heterocycles. The van der Waals surface area contributed by atoms with Crippen LogP contribution in [0.15, 0.2) is 18.2 Å². The fraction of sp³-hybridized carbons (Fsp3) is 0.500. The Labute approximate surface area is 79.7 Å². The predicted octanol–water partition coefficient (Wildman–Crippen LogP) is 3.14. The first-order valence-electron chi connectivity index (χ1n) is 4.98. The summed E-state index contributed by atoms with van der Waals surface area (Å²) >= 11 is 0. The molecule has 0 heterocycles. The molecule has 0 saturated heterocycles. The van der Waals surface area contributed by atoms with Gasteiger partial charge in [0, 0.05) is 0 Å². The Morgan fingerprint density at radius 1 is 1.38 bits per heavy atom. The second-order valence-electron chi connectivity index (χ2n) is 3.86. The molecule has 13 heavy (non-hydrogen) atoms. The molecule has 0 aromatic heterocycles. The minimum absolute atomic E-state index is 0.707. The van der Waals surface area contributed by atoms with Crippen LogP contribution in [0, 0.1) is 0 Å². The number of ether oxygens (including phenoxy) is 1. The number of hydrogen-bond donors (Lipinski definition) is 0. The summed E-state index contributed by atoms with van der Waals surface area (Å²) in [5, 5.41) is 0. The van der Waals surface area contributed by atoms with Gasteiger partial charge in [-0.3, -0.25) is 0 Å². The molecule has 0 N–H and O–H groups in total. The number of hydrogen-bond acceptors (Lipinski definition) is 1. The van der Waals surface area contributed by atoms with Crippen molar-refractivity contribution in [3.63, 3.8) is 0 Å². The van der Waals surface area contributed by atoms with Gasteiger partial charge in [-0.2, -0.15) is 0 Å². The lowest BCUT2D eigenvalue weighted by atomic mass is 9.84. The molecule has 0 fully saturated rings. The highest BCUT2D eigenvalue weighted by Gasteiger charge is 2.16. The smallest absolute Gasteiger partial charge is 0.119 e. The first kappa shape index (κ1) is 8.61. The molecule has 1 aromatic carbocycles. The van der Waals surface area contributed by atoms with Crippen LogP contribution in [-0.4, -0.2) is 7.11 Å². The number of fused-ring (bicyclic) bond motifs is 1. The minimum atomic E-state index is 0.707. The topological polar surface area (TPSA) is 9.23 Å². The van der Waals surface area contributed by atoms with Crippen LogP contribution in [0.2, 0.25) is 0 Å². The second kappa shape index (κ2) is 3.41. The third-order valence-electron chi connectivity index (χ3n) is 2.97. The van der Waals surface area contributed by atoms with E-state index in [9.17, 15) is 0 Å². The SMILES string of the molecule is COc1ccc2c(c1)[C@H](C)CCC2. The Morgan fingerprint density at radius 3 is 3.00 bits per heavy atom. The van der Waals surface area contributed by atoms with Crippen LogP contribution in [0.25, 0.3) is 0 Å². The Bertz CT molecular complexity index is 304. The molecule has 1 heteroatoms. The van der Waals surface area contributed by atoms with Gasteiger partial charge in [0.1, 0.15) is 5.75 Å². The van der Waals surface area contributed by atoms with Gasteiger partial charge in [0.05, 0.1) is 7.11 Å². The molecule has 0 radical (unpaired) electrons. The Hall–Kier alpha value is -0.980. The van der Waals surface area contributed by atoms with Gasteiger partial charge >= 0.3 is 0 Å². The summed E-state index contributed by atoms with van der Waals surface area (Å²) in [6, 6.07) is 6.47. The average molecular weight is 176 g/mol. The average Bonchev–Trinajstić information content (AvgIpc) is 2.18. The van der Waals surface area contributed by atoms with E-state index in [-0.39, 0.29) is 0 Å². The van der Waals surface area contributed by atoms with Crippen molar-refractivity contribution in [3.8, 4) is 5.75 Å². The summed E-state index contributed by atoms with van der Waals surface area (Å²) in [5.41, 5.74) is 3.00. The maximum absolute atomic E-state index is 5.23. The van der Waals surface area contributed by atoms with Gasteiger partial charge in [-0.25, -0.2) is 0 Å². The highest BCUT2D eigenvalue weighted by molar-refractivity contribution is 5.39. The van der Waals surface area contributed by atoms with Crippen molar-refractivity contribution in [2.24, 2.45) is 0 Å². The van der Waals surface area contributed by atoms with Gasteiger partial charge in [0.2, 0.25) is 0 Å². The van der Waals surface area contributed by atoms with Crippen LogP contribution >= 0.6 is 0 Å². The molecule has 1 atom stereocenters. The van der Waals surface area contributed by atoms with E-state index in [0.717, 1.165) is 5.75 Å². The van der Waals surface area contributed by atoms with Crippen molar-refractivity contribution in [1.29, 1.82) is 0 Å². The zero-order valence-corrected chi connectivity index (χ0v) is 8.34. The van der Waals surface area contributed by atoms with E-state index >= 15 is 0 Å². The zero-order chi connectivity index (χ0) is 9.26. The van der Waals surface area contributed by atoms with E-state index in [4.69, 9.17) is 4.74 Å². The van der Waals surface area contributed by atoms with Crippen molar-refractivity contribution in [2.45, 2.75) is 32.1 Å². The van der Waals surface area contributed by atoms with Gasteiger partial charge in [-0.1, -0.05) is 13.0 Å². The van der Waals surface area contributed by atoms with Crippen LogP contribution in [-0.2, 0) is 6.42 Å². The van der Waals surface area contributed by atoms with E-state index < -0.39 is 0 Å². The van der Waals surface area contributed by atoms with Gasteiger partial charge in [0.15, 0.2) is 0 Å². The number of benzene rings is 1. The fourth-order valence-corrected chi connectivity index (χ4v) is 2.14. The third-order valence-corrected chi connectivity index (χ3v) is 2.97.